The fraction of sp³-hybridized carbons (Fsp3) is 0.636. The first kappa shape index (κ1) is 19.1. The number of hydrogen-bond donors (Lipinski definition) is 3. The number of urea groups is 1. The average Bonchev–Trinajstić information content (AvgIpc) is 2.77. The predicted molar refractivity (Wildman–Crippen MR) is 76.9 cm³/mol. The summed E-state index contributed by atoms with van der Waals surface area (Å²) in [4.78, 5) is 23.3. The summed E-state index contributed by atoms with van der Waals surface area (Å²) in [6.45, 7) is 5.55. The van der Waals surface area contributed by atoms with Gasteiger partial charge in [0.15, 0.2) is 0 Å². The zero-order chi connectivity index (χ0) is 17.8. The van der Waals surface area contributed by atoms with Crippen molar-refractivity contribution in [2.45, 2.75) is 37.4 Å². The Morgan fingerprint density at radius 3 is 2.39 bits per heavy atom. The van der Waals surface area contributed by atoms with Crippen LogP contribution in [0.2, 0.25) is 0 Å². The van der Waals surface area contributed by atoms with E-state index in [1.54, 1.807) is 0 Å². The second-order valence-corrected chi connectivity index (χ2v) is 6.34. The molecular weight excluding hydrogens is 337 g/mol. The van der Waals surface area contributed by atoms with E-state index in [1.165, 1.54) is 6.92 Å². The molecule has 0 spiro atoms. The molecule has 0 saturated heterocycles. The van der Waals surface area contributed by atoms with Crippen molar-refractivity contribution in [1.82, 2.24) is 25.5 Å². The van der Waals surface area contributed by atoms with Gasteiger partial charge in [-0.15, -0.1) is 10.2 Å². The lowest BCUT2D eigenvalue weighted by Gasteiger charge is -2.12. The molecule has 12 heteroatoms. The molecule has 0 radical (unpaired) electrons. The van der Waals surface area contributed by atoms with Gasteiger partial charge in [0.05, 0.1) is 5.25 Å². The van der Waals surface area contributed by atoms with E-state index in [1.807, 2.05) is 13.8 Å². The van der Waals surface area contributed by atoms with Gasteiger partial charge in [0.25, 0.3) is 5.82 Å². The molecule has 0 fully saturated rings. The topological polar surface area (TPSA) is 115 Å². The summed E-state index contributed by atoms with van der Waals surface area (Å²) in [6, 6.07) is -0.679. The van der Waals surface area contributed by atoms with Crippen molar-refractivity contribution in [2.75, 3.05) is 12.4 Å². The molecule has 1 rings (SSSR count). The Bertz CT molecular complexity index is 575. The molecule has 1 aromatic heterocycles. The molecule has 4 N–H and O–H groups in total. The van der Waals surface area contributed by atoms with Crippen LogP contribution in [0.1, 0.15) is 26.6 Å². The fourth-order valence-corrected chi connectivity index (χ4v) is 2.09. The molecule has 0 aliphatic heterocycles. The first-order chi connectivity index (χ1) is 10.5. The van der Waals surface area contributed by atoms with Crippen molar-refractivity contribution in [3.8, 4) is 0 Å². The molecule has 0 bridgehead atoms. The summed E-state index contributed by atoms with van der Waals surface area (Å²) in [5.74, 6) is 3.41. The fourth-order valence-electron chi connectivity index (χ4n) is 1.32. The van der Waals surface area contributed by atoms with E-state index in [0.29, 0.717) is 18.3 Å². The van der Waals surface area contributed by atoms with Crippen molar-refractivity contribution < 1.29 is 22.8 Å². The Kier molecular flexibility index (Phi) is 6.24. The van der Waals surface area contributed by atoms with Crippen molar-refractivity contribution in [2.24, 2.45) is 5.92 Å². The number of imide groups is 1. The minimum Gasteiger partial charge on any atom is -0.338 e. The molecule has 0 aliphatic carbocycles. The lowest BCUT2D eigenvalue weighted by atomic mass is 10.2. The third-order valence-corrected chi connectivity index (χ3v) is 3.53. The van der Waals surface area contributed by atoms with Gasteiger partial charge in [-0.2, -0.15) is 13.2 Å². The van der Waals surface area contributed by atoms with Crippen LogP contribution in [0.25, 0.3) is 0 Å². The van der Waals surface area contributed by atoms with E-state index in [9.17, 15) is 22.8 Å². The highest BCUT2D eigenvalue weighted by atomic mass is 32.2. The van der Waals surface area contributed by atoms with Gasteiger partial charge in [-0.05, 0) is 12.8 Å². The summed E-state index contributed by atoms with van der Waals surface area (Å²) in [5, 5.41) is 9.61. The number of thioether (sulfide) groups is 1. The van der Waals surface area contributed by atoms with Gasteiger partial charge in [-0.1, -0.05) is 25.6 Å². The molecule has 23 heavy (non-hydrogen) atoms. The van der Waals surface area contributed by atoms with Crippen LogP contribution in [-0.4, -0.2) is 38.6 Å². The first-order valence-corrected chi connectivity index (χ1v) is 7.43. The van der Waals surface area contributed by atoms with Crippen molar-refractivity contribution >= 4 is 23.7 Å². The Morgan fingerprint density at radius 2 is 1.91 bits per heavy atom. The molecule has 0 aromatic carbocycles. The van der Waals surface area contributed by atoms with Crippen LogP contribution in [0.4, 0.5) is 18.0 Å². The molecular formula is C11H17F3N6O2S. The number of carbonyl (C=O) groups excluding carboxylic acids is 2. The minimum absolute atomic E-state index is 0.208. The van der Waals surface area contributed by atoms with Crippen LogP contribution in [0.5, 0.6) is 0 Å². The highest BCUT2D eigenvalue weighted by Crippen LogP contribution is 2.29. The minimum atomic E-state index is -4.75. The van der Waals surface area contributed by atoms with Gasteiger partial charge in [-0.25, -0.2) is 9.47 Å². The van der Waals surface area contributed by atoms with Crippen LogP contribution in [0, 0.1) is 5.92 Å². The maximum Gasteiger partial charge on any atom is 0.453 e. The summed E-state index contributed by atoms with van der Waals surface area (Å²) < 4.78 is 37.9. The van der Waals surface area contributed by atoms with Crippen LogP contribution < -0.4 is 16.5 Å². The number of carbonyl (C=O) groups is 2. The summed E-state index contributed by atoms with van der Waals surface area (Å²) >= 11 is 0.654. The molecule has 8 nitrogen and oxygen atoms in total. The highest BCUT2D eigenvalue weighted by molar-refractivity contribution is 8.00. The van der Waals surface area contributed by atoms with Gasteiger partial charge < -0.3 is 11.2 Å². The summed E-state index contributed by atoms with van der Waals surface area (Å²) in [6.07, 6.45) is -4.75. The lowest BCUT2D eigenvalue weighted by molar-refractivity contribution is -0.146. The Hall–Kier alpha value is -1.98. The van der Waals surface area contributed by atoms with Gasteiger partial charge in [-0.3, -0.25) is 10.1 Å². The predicted octanol–water partition coefficient (Wildman–Crippen LogP) is 0.973. The number of amides is 3. The molecule has 3 amide bonds. The normalized spacial score (nSPS) is 13.0. The molecule has 0 aliphatic rings. The van der Waals surface area contributed by atoms with Crippen molar-refractivity contribution in [1.29, 1.82) is 0 Å². The Labute approximate surface area is 134 Å². The van der Waals surface area contributed by atoms with Crippen LogP contribution in [0.15, 0.2) is 5.16 Å². The van der Waals surface area contributed by atoms with Crippen LogP contribution in [0.3, 0.4) is 0 Å². The van der Waals surface area contributed by atoms with Crippen LogP contribution in [-0.2, 0) is 11.0 Å². The number of nitrogens with two attached hydrogens (primary N) is 1. The van der Waals surface area contributed by atoms with Gasteiger partial charge in [0.2, 0.25) is 11.1 Å². The molecule has 1 heterocycles. The molecule has 1 aromatic rings. The van der Waals surface area contributed by atoms with Crippen LogP contribution >= 0.6 is 11.8 Å². The van der Waals surface area contributed by atoms with E-state index in [4.69, 9.17) is 5.84 Å². The monoisotopic (exact) mass is 354 g/mol. The van der Waals surface area contributed by atoms with Gasteiger partial charge in [0, 0.05) is 6.54 Å². The zero-order valence-corrected chi connectivity index (χ0v) is 13.5. The maximum absolute atomic E-state index is 12.5. The van der Waals surface area contributed by atoms with E-state index < -0.39 is 29.2 Å². The average molecular weight is 354 g/mol. The second kappa shape index (κ2) is 7.53. The number of hydrogen-bond acceptors (Lipinski definition) is 6. The summed E-state index contributed by atoms with van der Waals surface area (Å²) in [5.41, 5.74) is 0. The zero-order valence-electron chi connectivity index (χ0n) is 12.6. The van der Waals surface area contributed by atoms with Crippen molar-refractivity contribution in [3.05, 3.63) is 5.82 Å². The molecule has 1 atom stereocenters. The number of nitrogens with zero attached hydrogens (tertiary/aromatic N) is 3. The van der Waals surface area contributed by atoms with Gasteiger partial charge in [0.1, 0.15) is 0 Å². The number of nitrogens with one attached hydrogen (secondary N) is 2. The number of halogens is 3. The largest absolute Gasteiger partial charge is 0.453 e. The van der Waals surface area contributed by atoms with Gasteiger partial charge >= 0.3 is 12.2 Å². The second-order valence-electron chi connectivity index (χ2n) is 5.03. The smallest absolute Gasteiger partial charge is 0.338 e. The molecule has 1 unspecified atom stereocenters. The molecule has 0 saturated carbocycles. The quantitative estimate of drug-likeness (QED) is 0.536. The number of alkyl halides is 3. The van der Waals surface area contributed by atoms with E-state index in [-0.39, 0.29) is 15.8 Å². The highest BCUT2D eigenvalue weighted by Gasteiger charge is 2.38. The molecule has 130 valence electrons. The van der Waals surface area contributed by atoms with E-state index in [2.05, 4.69) is 20.8 Å². The third kappa shape index (κ3) is 5.62. The SMILES string of the molecule is CC(C)CNC(=O)NC(=O)C(C)Sc1nnc(C(F)(F)F)n1N. The summed E-state index contributed by atoms with van der Waals surface area (Å²) in [7, 11) is 0. The Morgan fingerprint density at radius 1 is 1.30 bits per heavy atom. The standard InChI is InChI=1S/C11H17F3N6O2S/c1-5(2)4-16-9(22)17-7(21)6(3)23-10-19-18-8(20(10)15)11(12,13)14/h5-6H,4,15H2,1-3H3,(H2,16,17,21,22). The Balaban J connectivity index is 2.62. The number of nitrogen functional groups attached to an aromatic ring is 1. The van der Waals surface area contributed by atoms with Crippen molar-refractivity contribution in [3.63, 3.8) is 0 Å². The van der Waals surface area contributed by atoms with E-state index in [0.717, 1.165) is 0 Å². The number of rotatable bonds is 5. The maximum atomic E-state index is 12.5. The number of aromatic nitrogens is 3. The lowest BCUT2D eigenvalue weighted by Crippen LogP contribution is -2.43. The van der Waals surface area contributed by atoms with E-state index >= 15 is 0 Å². The third-order valence-electron chi connectivity index (χ3n) is 2.48. The first-order valence-electron chi connectivity index (χ1n) is 6.55.